The van der Waals surface area contributed by atoms with E-state index in [0.717, 1.165) is 9.79 Å². The molecule has 1 nitrogen and oxygen atoms in total. The molecule has 5 heteroatoms. The zero-order valence-corrected chi connectivity index (χ0v) is 10.7. The number of hydrogen-bond donors (Lipinski definition) is 1. The molecule has 0 aliphatic carbocycles. The van der Waals surface area contributed by atoms with E-state index in [9.17, 15) is 13.2 Å². The van der Waals surface area contributed by atoms with Gasteiger partial charge in [0.2, 0.25) is 0 Å². The average Bonchev–Trinajstić information content (AvgIpc) is 2.39. The Morgan fingerprint density at radius 1 is 0.842 bits per heavy atom. The second-order valence-electron chi connectivity index (χ2n) is 4.00. The summed E-state index contributed by atoms with van der Waals surface area (Å²) in [5, 5.41) is 0. The van der Waals surface area contributed by atoms with Gasteiger partial charge in [-0.3, -0.25) is 0 Å². The molecule has 0 bridgehead atoms. The summed E-state index contributed by atoms with van der Waals surface area (Å²) in [7, 11) is 0. The van der Waals surface area contributed by atoms with Crippen molar-refractivity contribution >= 4 is 11.8 Å². The lowest BCUT2D eigenvalue weighted by molar-refractivity contribution is -0.149. The maximum atomic E-state index is 12.5. The monoisotopic (exact) mass is 283 g/mol. The van der Waals surface area contributed by atoms with Crippen LogP contribution in [0.3, 0.4) is 0 Å². The molecule has 0 aromatic heterocycles. The standard InChI is InChI=1S/C14H12F3NS/c15-14(16,17)13(18)10-6-8-12(9-7-10)19-11-4-2-1-3-5-11/h1-9,13H,18H2/t13-/m1/s1. The van der Waals surface area contributed by atoms with Crippen molar-refractivity contribution in [2.24, 2.45) is 5.73 Å². The van der Waals surface area contributed by atoms with Crippen molar-refractivity contribution in [2.75, 3.05) is 0 Å². The Morgan fingerprint density at radius 2 is 1.37 bits per heavy atom. The first-order valence-corrected chi connectivity index (χ1v) is 6.43. The van der Waals surface area contributed by atoms with Gasteiger partial charge in [-0.25, -0.2) is 0 Å². The molecule has 2 aromatic rings. The molecule has 0 saturated carbocycles. The highest BCUT2D eigenvalue weighted by molar-refractivity contribution is 7.99. The van der Waals surface area contributed by atoms with Crippen LogP contribution in [-0.2, 0) is 0 Å². The molecular formula is C14H12F3NS. The van der Waals surface area contributed by atoms with Crippen LogP contribution in [0.2, 0.25) is 0 Å². The first kappa shape index (κ1) is 14.0. The van der Waals surface area contributed by atoms with Crippen LogP contribution in [0.5, 0.6) is 0 Å². The summed E-state index contributed by atoms with van der Waals surface area (Å²) in [6, 6.07) is 13.8. The average molecular weight is 283 g/mol. The van der Waals surface area contributed by atoms with Crippen molar-refractivity contribution in [1.82, 2.24) is 0 Å². The highest BCUT2D eigenvalue weighted by Crippen LogP contribution is 2.32. The van der Waals surface area contributed by atoms with Gasteiger partial charge < -0.3 is 5.73 Å². The third-order valence-electron chi connectivity index (χ3n) is 2.57. The second kappa shape index (κ2) is 5.67. The van der Waals surface area contributed by atoms with Crippen molar-refractivity contribution in [2.45, 2.75) is 22.0 Å². The fourth-order valence-corrected chi connectivity index (χ4v) is 2.39. The van der Waals surface area contributed by atoms with Crippen LogP contribution in [0.15, 0.2) is 64.4 Å². The molecule has 100 valence electrons. The molecule has 2 N–H and O–H groups in total. The summed E-state index contributed by atoms with van der Waals surface area (Å²) in [5.74, 6) is 0. The van der Waals surface area contributed by atoms with Crippen LogP contribution in [0.4, 0.5) is 13.2 Å². The quantitative estimate of drug-likeness (QED) is 0.903. The molecule has 0 saturated heterocycles. The normalized spacial score (nSPS) is 13.3. The molecule has 0 aliphatic rings. The van der Waals surface area contributed by atoms with E-state index < -0.39 is 12.2 Å². The minimum absolute atomic E-state index is 0.0740. The molecule has 0 heterocycles. The van der Waals surface area contributed by atoms with Gasteiger partial charge >= 0.3 is 6.18 Å². The van der Waals surface area contributed by atoms with Crippen LogP contribution >= 0.6 is 11.8 Å². The first-order valence-electron chi connectivity index (χ1n) is 5.62. The summed E-state index contributed by atoms with van der Waals surface area (Å²) >= 11 is 1.49. The van der Waals surface area contributed by atoms with Gasteiger partial charge in [0.05, 0.1) is 0 Å². The number of alkyl halides is 3. The number of nitrogens with two attached hydrogens (primary N) is 1. The fraction of sp³-hybridized carbons (Fsp3) is 0.143. The Morgan fingerprint density at radius 3 is 1.89 bits per heavy atom. The zero-order valence-electron chi connectivity index (χ0n) is 9.89. The highest BCUT2D eigenvalue weighted by atomic mass is 32.2. The van der Waals surface area contributed by atoms with E-state index in [1.165, 1.54) is 23.9 Å². The Bertz CT molecular complexity index is 523. The molecule has 0 unspecified atom stereocenters. The highest BCUT2D eigenvalue weighted by Gasteiger charge is 2.37. The van der Waals surface area contributed by atoms with Gasteiger partial charge in [-0.05, 0) is 29.8 Å². The van der Waals surface area contributed by atoms with Crippen molar-refractivity contribution in [3.63, 3.8) is 0 Å². The smallest absolute Gasteiger partial charge is 0.316 e. The lowest BCUT2D eigenvalue weighted by atomic mass is 10.1. The van der Waals surface area contributed by atoms with Crippen molar-refractivity contribution in [3.05, 3.63) is 60.2 Å². The number of benzene rings is 2. The zero-order chi connectivity index (χ0) is 13.9. The summed E-state index contributed by atoms with van der Waals surface area (Å²) in [4.78, 5) is 1.92. The lowest BCUT2D eigenvalue weighted by Gasteiger charge is -2.16. The lowest BCUT2D eigenvalue weighted by Crippen LogP contribution is -2.28. The number of halogens is 3. The first-order chi connectivity index (χ1) is 8.97. The predicted octanol–water partition coefficient (Wildman–Crippen LogP) is 4.40. The van der Waals surface area contributed by atoms with Gasteiger partial charge in [0.1, 0.15) is 6.04 Å². The topological polar surface area (TPSA) is 26.0 Å². The van der Waals surface area contributed by atoms with Crippen LogP contribution in [0.25, 0.3) is 0 Å². The molecule has 19 heavy (non-hydrogen) atoms. The van der Waals surface area contributed by atoms with Gasteiger partial charge in [0.15, 0.2) is 0 Å². The van der Waals surface area contributed by atoms with Gasteiger partial charge in [-0.2, -0.15) is 13.2 Å². The van der Waals surface area contributed by atoms with Crippen molar-refractivity contribution in [1.29, 1.82) is 0 Å². The molecule has 1 atom stereocenters. The van der Waals surface area contributed by atoms with E-state index in [-0.39, 0.29) is 5.56 Å². The second-order valence-corrected chi connectivity index (χ2v) is 5.15. The Kier molecular flexibility index (Phi) is 4.17. The molecular weight excluding hydrogens is 271 g/mol. The maximum Gasteiger partial charge on any atom is 0.407 e. The van der Waals surface area contributed by atoms with Crippen LogP contribution in [-0.4, -0.2) is 6.18 Å². The Hall–Kier alpha value is -1.46. The van der Waals surface area contributed by atoms with E-state index in [1.807, 2.05) is 30.3 Å². The van der Waals surface area contributed by atoms with Crippen molar-refractivity contribution in [3.8, 4) is 0 Å². The largest absolute Gasteiger partial charge is 0.407 e. The minimum atomic E-state index is -4.41. The van der Waals surface area contributed by atoms with Gasteiger partial charge in [0, 0.05) is 9.79 Å². The van der Waals surface area contributed by atoms with Gasteiger partial charge in [-0.1, -0.05) is 42.1 Å². The van der Waals surface area contributed by atoms with Crippen molar-refractivity contribution < 1.29 is 13.2 Å². The van der Waals surface area contributed by atoms with E-state index in [2.05, 4.69) is 0 Å². The Labute approximate surface area is 113 Å². The molecule has 0 amide bonds. The SMILES string of the molecule is N[C@H](c1ccc(Sc2ccccc2)cc1)C(F)(F)F. The minimum Gasteiger partial charge on any atom is -0.316 e. The van der Waals surface area contributed by atoms with E-state index >= 15 is 0 Å². The summed E-state index contributed by atoms with van der Waals surface area (Å²) in [6.07, 6.45) is -4.41. The summed E-state index contributed by atoms with van der Waals surface area (Å²) in [5.41, 5.74) is 5.22. The molecule has 0 aliphatic heterocycles. The van der Waals surface area contributed by atoms with E-state index in [1.54, 1.807) is 12.1 Å². The fourth-order valence-electron chi connectivity index (χ4n) is 1.56. The molecule has 0 spiro atoms. The third-order valence-corrected chi connectivity index (χ3v) is 3.59. The van der Waals surface area contributed by atoms with E-state index in [0.29, 0.717) is 0 Å². The summed E-state index contributed by atoms with van der Waals surface area (Å²) in [6.45, 7) is 0. The predicted molar refractivity (Wildman–Crippen MR) is 70.0 cm³/mol. The van der Waals surface area contributed by atoms with Crippen LogP contribution in [0, 0.1) is 0 Å². The number of rotatable bonds is 3. The van der Waals surface area contributed by atoms with E-state index in [4.69, 9.17) is 5.73 Å². The third kappa shape index (κ3) is 3.75. The van der Waals surface area contributed by atoms with Crippen LogP contribution in [0.1, 0.15) is 11.6 Å². The molecule has 0 radical (unpaired) electrons. The number of hydrogen-bond acceptors (Lipinski definition) is 2. The van der Waals surface area contributed by atoms with Gasteiger partial charge in [-0.15, -0.1) is 0 Å². The molecule has 0 fully saturated rings. The maximum absolute atomic E-state index is 12.5. The van der Waals surface area contributed by atoms with Crippen LogP contribution < -0.4 is 5.73 Å². The Balaban J connectivity index is 2.11. The molecule has 2 aromatic carbocycles. The van der Waals surface area contributed by atoms with Gasteiger partial charge in [0.25, 0.3) is 0 Å². The summed E-state index contributed by atoms with van der Waals surface area (Å²) < 4.78 is 37.4. The molecule has 2 rings (SSSR count).